The Balaban J connectivity index is 1.60. The summed E-state index contributed by atoms with van der Waals surface area (Å²) >= 11 is 7.85. The first kappa shape index (κ1) is 29.0. The summed E-state index contributed by atoms with van der Waals surface area (Å²) < 4.78 is 45.4. The Bertz CT molecular complexity index is 1740. The van der Waals surface area contributed by atoms with Gasteiger partial charge in [0.15, 0.2) is 11.0 Å². The highest BCUT2D eigenvalue weighted by molar-refractivity contribution is 7.98. The van der Waals surface area contributed by atoms with Crippen molar-refractivity contribution in [2.45, 2.75) is 42.1 Å². The van der Waals surface area contributed by atoms with Crippen molar-refractivity contribution < 1.29 is 12.8 Å². The van der Waals surface area contributed by atoms with Crippen molar-refractivity contribution >= 4 is 33.4 Å². The number of hydrogen-bond acceptors (Lipinski definition) is 5. The van der Waals surface area contributed by atoms with Gasteiger partial charge in [-0.2, -0.15) is 0 Å². The predicted octanol–water partition coefficient (Wildman–Crippen LogP) is 7.23. The highest BCUT2D eigenvalue weighted by atomic mass is 35.5. The monoisotopic (exact) mass is 606 g/mol. The summed E-state index contributed by atoms with van der Waals surface area (Å²) in [7, 11) is -3.91. The van der Waals surface area contributed by atoms with Gasteiger partial charge in [0.1, 0.15) is 5.82 Å². The van der Waals surface area contributed by atoms with Crippen LogP contribution in [0.25, 0.3) is 5.69 Å². The third-order valence-electron chi connectivity index (χ3n) is 6.57. The maximum Gasteiger partial charge on any atom is 0.241 e. The van der Waals surface area contributed by atoms with E-state index in [0.717, 1.165) is 27.9 Å². The lowest BCUT2D eigenvalue weighted by Crippen LogP contribution is -2.32. The molecule has 0 saturated carbocycles. The molecule has 0 fully saturated rings. The van der Waals surface area contributed by atoms with Crippen molar-refractivity contribution in [1.29, 1.82) is 0 Å². The van der Waals surface area contributed by atoms with Crippen molar-refractivity contribution in [2.75, 3.05) is 0 Å². The van der Waals surface area contributed by atoms with Gasteiger partial charge in [-0.25, -0.2) is 17.5 Å². The number of benzene rings is 4. The van der Waals surface area contributed by atoms with Crippen LogP contribution in [-0.4, -0.2) is 23.2 Å². The molecule has 1 unspecified atom stereocenters. The first-order valence-electron chi connectivity index (χ1n) is 12.9. The molecule has 0 aliphatic heterocycles. The van der Waals surface area contributed by atoms with Crippen LogP contribution in [0.2, 0.25) is 5.02 Å². The van der Waals surface area contributed by atoms with Crippen molar-refractivity contribution in [3.63, 3.8) is 0 Å². The largest absolute Gasteiger partial charge is 0.272 e. The summed E-state index contributed by atoms with van der Waals surface area (Å²) in [6.07, 6.45) is 0.340. The van der Waals surface area contributed by atoms with Crippen LogP contribution in [0.4, 0.5) is 4.39 Å². The molecule has 5 rings (SSSR count). The minimum Gasteiger partial charge on any atom is -0.272 e. The summed E-state index contributed by atoms with van der Waals surface area (Å²) in [4.78, 5) is 0.164. The maximum atomic E-state index is 13.6. The Kier molecular flexibility index (Phi) is 8.89. The molecule has 0 aliphatic carbocycles. The lowest BCUT2D eigenvalue weighted by Gasteiger charge is -2.21. The highest BCUT2D eigenvalue weighted by Gasteiger charge is 2.29. The van der Waals surface area contributed by atoms with Crippen LogP contribution >= 0.6 is 23.4 Å². The fourth-order valence-corrected chi connectivity index (χ4v) is 6.65. The minimum absolute atomic E-state index is 0.164. The van der Waals surface area contributed by atoms with Crippen LogP contribution in [0.5, 0.6) is 0 Å². The van der Waals surface area contributed by atoms with Gasteiger partial charge in [0, 0.05) is 10.8 Å². The molecule has 4 aromatic carbocycles. The predicted molar refractivity (Wildman–Crippen MR) is 161 cm³/mol. The number of halogens is 2. The molecule has 0 bridgehead atoms. The number of rotatable bonds is 10. The molecule has 10 heteroatoms. The van der Waals surface area contributed by atoms with Crippen molar-refractivity contribution in [3.05, 3.63) is 136 Å². The zero-order valence-corrected chi connectivity index (χ0v) is 24.8. The van der Waals surface area contributed by atoms with Crippen molar-refractivity contribution in [1.82, 2.24) is 19.5 Å². The van der Waals surface area contributed by atoms with E-state index in [1.165, 1.54) is 23.9 Å². The normalized spacial score (nSPS) is 12.4. The average molecular weight is 607 g/mol. The van der Waals surface area contributed by atoms with Gasteiger partial charge in [-0.05, 0) is 73.4 Å². The third kappa shape index (κ3) is 7.05. The Labute approximate surface area is 248 Å². The maximum absolute atomic E-state index is 13.6. The second-order valence-corrected chi connectivity index (χ2v) is 12.8. The van der Waals surface area contributed by atoms with Gasteiger partial charge in [0.2, 0.25) is 10.0 Å². The molecule has 1 atom stereocenters. The summed E-state index contributed by atoms with van der Waals surface area (Å²) in [5.74, 6) is 0.635. The molecule has 0 aliphatic rings. The standard InChI is InChI=1S/C31H28ClFN4O2S2/c1-21-8-16-27(17-9-21)41(38,39)36-28(18-23-6-4-3-5-7-23)30-34-35-31(40-20-24-11-14-26(33)15-12-24)37(30)29-19-25(32)13-10-22(29)2/h3-17,19,28,36H,18,20H2,1-2H3. The number of hydrogen-bond donors (Lipinski definition) is 1. The topological polar surface area (TPSA) is 76.9 Å². The Morgan fingerprint density at radius 3 is 2.32 bits per heavy atom. The van der Waals surface area contributed by atoms with Crippen LogP contribution in [-0.2, 0) is 22.2 Å². The van der Waals surface area contributed by atoms with Crippen LogP contribution in [0.3, 0.4) is 0 Å². The lowest BCUT2D eigenvalue weighted by atomic mass is 10.1. The van der Waals surface area contributed by atoms with E-state index in [9.17, 15) is 12.8 Å². The highest BCUT2D eigenvalue weighted by Crippen LogP contribution is 2.32. The number of thioether (sulfide) groups is 1. The van der Waals surface area contributed by atoms with Crippen LogP contribution < -0.4 is 4.72 Å². The second-order valence-electron chi connectivity index (χ2n) is 9.70. The van der Waals surface area contributed by atoms with E-state index in [0.29, 0.717) is 28.2 Å². The SMILES string of the molecule is Cc1ccc(S(=O)(=O)NC(Cc2ccccc2)c2nnc(SCc3ccc(F)cc3)n2-c2cc(Cl)ccc2C)cc1. The van der Waals surface area contributed by atoms with Gasteiger partial charge in [0.25, 0.3) is 0 Å². The van der Waals surface area contributed by atoms with E-state index in [1.807, 2.05) is 60.9 Å². The molecule has 41 heavy (non-hydrogen) atoms. The minimum atomic E-state index is -3.91. The number of sulfonamides is 1. The van der Waals surface area contributed by atoms with Gasteiger partial charge in [-0.3, -0.25) is 4.57 Å². The average Bonchev–Trinajstić information content (AvgIpc) is 3.38. The molecule has 0 saturated heterocycles. The summed E-state index contributed by atoms with van der Waals surface area (Å²) in [6.45, 7) is 3.86. The van der Waals surface area contributed by atoms with E-state index in [4.69, 9.17) is 11.6 Å². The number of nitrogens with one attached hydrogen (secondary N) is 1. The summed E-state index contributed by atoms with van der Waals surface area (Å²) in [6, 6.07) is 27.4. The van der Waals surface area contributed by atoms with Crippen LogP contribution in [0, 0.1) is 19.7 Å². The van der Waals surface area contributed by atoms with Gasteiger partial charge in [0.05, 0.1) is 16.6 Å². The van der Waals surface area contributed by atoms with Crippen LogP contribution in [0.1, 0.15) is 34.1 Å². The fraction of sp³-hybridized carbons (Fsp3) is 0.161. The molecular formula is C31H28ClFN4O2S2. The first-order valence-corrected chi connectivity index (χ1v) is 15.8. The number of nitrogens with zero attached hydrogens (tertiary/aromatic N) is 3. The number of aryl methyl sites for hydroxylation is 2. The fourth-order valence-electron chi connectivity index (χ4n) is 4.39. The Morgan fingerprint density at radius 1 is 0.902 bits per heavy atom. The molecule has 1 N–H and O–H groups in total. The van der Waals surface area contributed by atoms with Gasteiger partial charge in [-0.1, -0.05) is 89.6 Å². The van der Waals surface area contributed by atoms with E-state index in [2.05, 4.69) is 14.9 Å². The molecule has 1 heterocycles. The molecule has 1 aromatic heterocycles. The molecule has 210 valence electrons. The van der Waals surface area contributed by atoms with Crippen molar-refractivity contribution in [2.24, 2.45) is 0 Å². The zero-order chi connectivity index (χ0) is 29.0. The number of aromatic nitrogens is 3. The Hall–Kier alpha value is -3.50. The van der Waals surface area contributed by atoms with Gasteiger partial charge < -0.3 is 0 Å². The summed E-state index contributed by atoms with van der Waals surface area (Å²) in [5, 5.41) is 10.1. The molecule has 0 amide bonds. The van der Waals surface area contributed by atoms with E-state index < -0.39 is 16.1 Å². The quantitative estimate of drug-likeness (QED) is 0.170. The third-order valence-corrected chi connectivity index (χ3v) is 9.30. The van der Waals surface area contributed by atoms with Gasteiger partial charge >= 0.3 is 0 Å². The molecule has 5 aromatic rings. The van der Waals surface area contributed by atoms with Crippen molar-refractivity contribution in [3.8, 4) is 5.69 Å². The van der Waals surface area contributed by atoms with Gasteiger partial charge in [-0.15, -0.1) is 10.2 Å². The van der Waals surface area contributed by atoms with E-state index >= 15 is 0 Å². The molecule has 0 spiro atoms. The zero-order valence-electron chi connectivity index (χ0n) is 22.5. The van der Waals surface area contributed by atoms with E-state index in [1.54, 1.807) is 42.5 Å². The Morgan fingerprint density at radius 2 is 1.61 bits per heavy atom. The lowest BCUT2D eigenvalue weighted by molar-refractivity contribution is 0.537. The van der Waals surface area contributed by atoms with Crippen LogP contribution in [0.15, 0.2) is 107 Å². The molecular weight excluding hydrogens is 579 g/mol. The van der Waals surface area contributed by atoms with E-state index in [-0.39, 0.29) is 10.7 Å². The first-order chi connectivity index (χ1) is 19.7. The molecule has 0 radical (unpaired) electrons. The second kappa shape index (κ2) is 12.6. The summed E-state index contributed by atoms with van der Waals surface area (Å²) in [5.41, 5.74) is 4.47. The molecule has 6 nitrogen and oxygen atoms in total. The smallest absolute Gasteiger partial charge is 0.241 e.